The zero-order chi connectivity index (χ0) is 12.1. The van der Waals surface area contributed by atoms with Crippen molar-refractivity contribution in [2.24, 2.45) is 0 Å². The summed E-state index contributed by atoms with van der Waals surface area (Å²) in [6, 6.07) is 6.73. The molecule has 0 unspecified atom stereocenters. The van der Waals surface area contributed by atoms with E-state index in [9.17, 15) is 0 Å². The van der Waals surface area contributed by atoms with E-state index >= 15 is 0 Å². The molecular weight excluding hydrogens is 196 g/mol. The molecule has 0 aliphatic carbocycles. The number of benzene rings is 1. The van der Waals surface area contributed by atoms with Crippen molar-refractivity contribution in [1.29, 1.82) is 0 Å². The van der Waals surface area contributed by atoms with Gasteiger partial charge in [0.2, 0.25) is 0 Å². The quantitative estimate of drug-likeness (QED) is 0.752. The van der Waals surface area contributed by atoms with Gasteiger partial charge in [0, 0.05) is 25.8 Å². The molecule has 0 atom stereocenters. The Bertz CT molecular complexity index is 332. The summed E-state index contributed by atoms with van der Waals surface area (Å²) in [6.45, 7) is 6.54. The highest BCUT2D eigenvalue weighted by Crippen LogP contribution is 2.21. The molecular formula is C14H24N2. The molecule has 0 bridgehead atoms. The van der Waals surface area contributed by atoms with Gasteiger partial charge in [0.1, 0.15) is 0 Å². The first-order valence-electron chi connectivity index (χ1n) is 6.00. The van der Waals surface area contributed by atoms with Crippen molar-refractivity contribution in [3.63, 3.8) is 0 Å². The molecule has 0 aliphatic heterocycles. The summed E-state index contributed by atoms with van der Waals surface area (Å²) in [4.78, 5) is 4.57. The number of aryl methyl sites for hydroxylation is 2. The van der Waals surface area contributed by atoms with Gasteiger partial charge >= 0.3 is 0 Å². The largest absolute Gasteiger partial charge is 0.373 e. The zero-order valence-corrected chi connectivity index (χ0v) is 11.2. The normalized spacial score (nSPS) is 10.9. The average molecular weight is 220 g/mol. The molecule has 16 heavy (non-hydrogen) atoms. The molecule has 0 heterocycles. The van der Waals surface area contributed by atoms with Crippen molar-refractivity contribution < 1.29 is 0 Å². The summed E-state index contributed by atoms with van der Waals surface area (Å²) in [6.07, 6.45) is 1.10. The summed E-state index contributed by atoms with van der Waals surface area (Å²) in [5, 5.41) is 0. The first-order chi connectivity index (χ1) is 7.54. The Morgan fingerprint density at radius 1 is 1.06 bits per heavy atom. The number of hydrogen-bond acceptors (Lipinski definition) is 2. The van der Waals surface area contributed by atoms with Gasteiger partial charge in [-0.1, -0.05) is 19.1 Å². The molecule has 90 valence electrons. The molecule has 0 saturated carbocycles. The lowest BCUT2D eigenvalue weighted by Crippen LogP contribution is -2.29. The summed E-state index contributed by atoms with van der Waals surface area (Å²) in [7, 11) is 6.41. The van der Waals surface area contributed by atoms with Gasteiger partial charge in [-0.15, -0.1) is 0 Å². The lowest BCUT2D eigenvalue weighted by molar-refractivity contribution is 0.416. The van der Waals surface area contributed by atoms with Crippen molar-refractivity contribution in [2.45, 2.75) is 20.3 Å². The smallest absolute Gasteiger partial charge is 0.0399 e. The number of likely N-dealkylation sites (N-methyl/N-ethyl adjacent to an activating group) is 2. The fourth-order valence-electron chi connectivity index (χ4n) is 1.80. The van der Waals surface area contributed by atoms with Crippen LogP contribution in [0.25, 0.3) is 0 Å². The average Bonchev–Trinajstić information content (AvgIpc) is 2.25. The minimum Gasteiger partial charge on any atom is -0.373 e. The summed E-state index contributed by atoms with van der Waals surface area (Å²) in [5.41, 5.74) is 4.15. The van der Waals surface area contributed by atoms with Crippen LogP contribution < -0.4 is 4.90 Å². The molecule has 1 rings (SSSR count). The Kier molecular flexibility index (Phi) is 4.81. The summed E-state index contributed by atoms with van der Waals surface area (Å²) in [5.74, 6) is 0. The highest BCUT2D eigenvalue weighted by Gasteiger charge is 2.06. The van der Waals surface area contributed by atoms with Gasteiger partial charge in [-0.3, -0.25) is 0 Å². The lowest BCUT2D eigenvalue weighted by atomic mass is 10.1. The molecule has 0 amide bonds. The second-order valence-electron chi connectivity index (χ2n) is 4.71. The minimum absolute atomic E-state index is 1.07. The van der Waals surface area contributed by atoms with E-state index in [1.807, 2.05) is 0 Å². The molecule has 0 aliphatic rings. The van der Waals surface area contributed by atoms with E-state index in [0.717, 1.165) is 19.5 Å². The first-order valence-corrected chi connectivity index (χ1v) is 6.00. The molecule has 2 nitrogen and oxygen atoms in total. The van der Waals surface area contributed by atoms with Crippen LogP contribution in [-0.2, 0) is 6.42 Å². The number of anilines is 1. The molecule has 0 aromatic heterocycles. The van der Waals surface area contributed by atoms with Crippen LogP contribution in [0.2, 0.25) is 0 Å². The van der Waals surface area contributed by atoms with Gasteiger partial charge in [-0.2, -0.15) is 0 Å². The first kappa shape index (κ1) is 13.0. The van der Waals surface area contributed by atoms with Crippen molar-refractivity contribution in [2.75, 3.05) is 39.1 Å². The van der Waals surface area contributed by atoms with Crippen molar-refractivity contribution >= 4 is 5.69 Å². The summed E-state index contributed by atoms with van der Waals surface area (Å²) < 4.78 is 0. The predicted molar refractivity (Wildman–Crippen MR) is 72.4 cm³/mol. The molecule has 2 heteroatoms. The van der Waals surface area contributed by atoms with Crippen LogP contribution in [0, 0.1) is 6.92 Å². The molecule has 0 fully saturated rings. The van der Waals surface area contributed by atoms with Crippen LogP contribution in [0.3, 0.4) is 0 Å². The zero-order valence-electron chi connectivity index (χ0n) is 11.2. The second kappa shape index (κ2) is 5.90. The predicted octanol–water partition coefficient (Wildman–Crippen LogP) is 2.56. The van der Waals surface area contributed by atoms with Crippen molar-refractivity contribution in [3.05, 3.63) is 29.3 Å². The number of nitrogens with zero attached hydrogens (tertiary/aromatic N) is 2. The van der Waals surface area contributed by atoms with Crippen LogP contribution >= 0.6 is 0 Å². The monoisotopic (exact) mass is 220 g/mol. The highest BCUT2D eigenvalue weighted by atomic mass is 15.2. The van der Waals surface area contributed by atoms with E-state index in [-0.39, 0.29) is 0 Å². The maximum Gasteiger partial charge on any atom is 0.0399 e. The lowest BCUT2D eigenvalue weighted by Gasteiger charge is -2.24. The third-order valence-electron chi connectivity index (χ3n) is 2.92. The minimum atomic E-state index is 1.07. The molecule has 0 saturated heterocycles. The van der Waals surface area contributed by atoms with Crippen LogP contribution in [0.4, 0.5) is 5.69 Å². The van der Waals surface area contributed by atoms with E-state index in [1.54, 1.807) is 0 Å². The number of hydrogen-bond donors (Lipinski definition) is 0. The Labute approximate surface area is 99.9 Å². The SMILES string of the molecule is CCc1ccc(C)cc1N(C)CCN(C)C. The third-order valence-corrected chi connectivity index (χ3v) is 2.92. The third kappa shape index (κ3) is 3.53. The Hall–Kier alpha value is -1.02. The van der Waals surface area contributed by atoms with Crippen LogP contribution in [0.5, 0.6) is 0 Å². The Morgan fingerprint density at radius 3 is 2.31 bits per heavy atom. The van der Waals surface area contributed by atoms with Crippen molar-refractivity contribution in [1.82, 2.24) is 4.90 Å². The summed E-state index contributed by atoms with van der Waals surface area (Å²) >= 11 is 0. The van der Waals surface area contributed by atoms with Gasteiger partial charge < -0.3 is 9.80 Å². The molecule has 0 N–H and O–H groups in total. The van der Waals surface area contributed by atoms with Gasteiger partial charge in [0.15, 0.2) is 0 Å². The second-order valence-corrected chi connectivity index (χ2v) is 4.71. The van der Waals surface area contributed by atoms with Gasteiger partial charge in [0.05, 0.1) is 0 Å². The van der Waals surface area contributed by atoms with Crippen LogP contribution in [-0.4, -0.2) is 39.1 Å². The fourth-order valence-corrected chi connectivity index (χ4v) is 1.80. The molecule has 0 radical (unpaired) electrons. The van der Waals surface area contributed by atoms with E-state index in [0.29, 0.717) is 0 Å². The highest BCUT2D eigenvalue weighted by molar-refractivity contribution is 5.55. The Balaban J connectivity index is 2.80. The molecule has 1 aromatic carbocycles. The van der Waals surface area contributed by atoms with Crippen LogP contribution in [0.1, 0.15) is 18.1 Å². The van der Waals surface area contributed by atoms with Crippen LogP contribution in [0.15, 0.2) is 18.2 Å². The van der Waals surface area contributed by atoms with E-state index in [1.165, 1.54) is 16.8 Å². The van der Waals surface area contributed by atoms with Gasteiger partial charge in [0.25, 0.3) is 0 Å². The van der Waals surface area contributed by atoms with E-state index in [4.69, 9.17) is 0 Å². The fraction of sp³-hybridized carbons (Fsp3) is 0.571. The topological polar surface area (TPSA) is 6.48 Å². The van der Waals surface area contributed by atoms with E-state index in [2.05, 4.69) is 63.0 Å². The maximum atomic E-state index is 2.35. The Morgan fingerprint density at radius 2 is 1.75 bits per heavy atom. The van der Waals surface area contributed by atoms with Gasteiger partial charge in [-0.05, 0) is 44.6 Å². The molecule has 1 aromatic rings. The standard InChI is InChI=1S/C14H24N2/c1-6-13-8-7-12(2)11-14(13)16(5)10-9-15(3)4/h7-8,11H,6,9-10H2,1-5H3. The molecule has 0 spiro atoms. The number of rotatable bonds is 5. The van der Waals surface area contributed by atoms with Crippen molar-refractivity contribution in [3.8, 4) is 0 Å². The van der Waals surface area contributed by atoms with Gasteiger partial charge in [-0.25, -0.2) is 0 Å². The maximum absolute atomic E-state index is 2.35. The van der Waals surface area contributed by atoms with E-state index < -0.39 is 0 Å².